The average Bonchev–Trinajstić information content (AvgIpc) is 3.63. The van der Waals surface area contributed by atoms with Gasteiger partial charge in [-0.05, 0) is 54.1 Å². The van der Waals surface area contributed by atoms with E-state index < -0.39 is 24.5 Å². The monoisotopic (exact) mass is 541 g/mol. The molecule has 0 aliphatic carbocycles. The molecule has 7 nitrogen and oxygen atoms in total. The fourth-order valence-electron chi connectivity index (χ4n) is 4.02. The molecular formula is C29H20ClN3O4S. The van der Waals surface area contributed by atoms with E-state index in [1.54, 1.807) is 60.7 Å². The van der Waals surface area contributed by atoms with Crippen molar-refractivity contribution < 1.29 is 18.7 Å². The molecular weight excluding hydrogens is 522 g/mol. The lowest BCUT2D eigenvalue weighted by Gasteiger charge is -2.19. The normalized spacial score (nSPS) is 14.6. The zero-order valence-electron chi connectivity index (χ0n) is 19.9. The molecule has 1 amide bonds. The first-order chi connectivity index (χ1) is 18.5. The topological polar surface area (TPSA) is 95.9 Å². The zero-order chi connectivity index (χ0) is 26.5. The number of hydrogen-bond donors (Lipinski definition) is 0. The number of ether oxygens (including phenoxy) is 1. The highest BCUT2D eigenvalue weighted by Gasteiger charge is 2.35. The number of carbonyl (C=O) groups is 2. The van der Waals surface area contributed by atoms with Crippen LogP contribution in [0.15, 0.2) is 111 Å². The molecule has 1 aromatic heterocycles. The standard InChI is InChI=1S/C29H20ClN3O4S/c30-21-13-11-19(12-14-21)23-16-24(25-8-5-15-36-25)33(32-23)28(34)18-37-29(35)22-7-2-4-10-27(22)38-26-9-3-1-6-20(26)17-31/h1-15,24H,16,18H2. The lowest BCUT2D eigenvalue weighted by molar-refractivity contribution is -0.136. The minimum absolute atomic E-state index is 0.299. The Morgan fingerprint density at radius 3 is 2.50 bits per heavy atom. The van der Waals surface area contributed by atoms with Crippen LogP contribution in [0.4, 0.5) is 0 Å². The third-order valence-electron chi connectivity index (χ3n) is 5.88. The van der Waals surface area contributed by atoms with E-state index in [0.29, 0.717) is 43.8 Å². The van der Waals surface area contributed by atoms with Gasteiger partial charge < -0.3 is 9.15 Å². The van der Waals surface area contributed by atoms with Gasteiger partial charge in [0, 0.05) is 21.2 Å². The average molecular weight is 542 g/mol. The van der Waals surface area contributed by atoms with E-state index in [9.17, 15) is 14.9 Å². The first-order valence-corrected chi connectivity index (χ1v) is 12.8. The second kappa shape index (κ2) is 11.4. The van der Waals surface area contributed by atoms with Crippen molar-refractivity contribution in [3.8, 4) is 6.07 Å². The lowest BCUT2D eigenvalue weighted by Crippen LogP contribution is -2.31. The molecule has 0 spiro atoms. The highest BCUT2D eigenvalue weighted by Crippen LogP contribution is 2.34. The molecule has 9 heteroatoms. The van der Waals surface area contributed by atoms with Gasteiger partial charge in [-0.15, -0.1) is 0 Å². The maximum absolute atomic E-state index is 13.2. The summed E-state index contributed by atoms with van der Waals surface area (Å²) in [6, 6.07) is 26.5. The van der Waals surface area contributed by atoms with Crippen molar-refractivity contribution in [1.82, 2.24) is 5.01 Å². The number of amides is 1. The number of halogens is 1. The van der Waals surface area contributed by atoms with Crippen LogP contribution in [0, 0.1) is 11.3 Å². The summed E-state index contributed by atoms with van der Waals surface area (Å²) in [4.78, 5) is 27.6. The largest absolute Gasteiger partial charge is 0.467 e. The molecule has 188 valence electrons. The van der Waals surface area contributed by atoms with E-state index in [1.807, 2.05) is 24.3 Å². The molecule has 1 atom stereocenters. The van der Waals surface area contributed by atoms with Gasteiger partial charge >= 0.3 is 5.97 Å². The predicted octanol–water partition coefficient (Wildman–Crippen LogP) is 6.49. The van der Waals surface area contributed by atoms with Gasteiger partial charge in [-0.25, -0.2) is 9.80 Å². The molecule has 0 bridgehead atoms. The number of rotatable bonds is 7. The van der Waals surface area contributed by atoms with Gasteiger partial charge in [-0.3, -0.25) is 4.79 Å². The van der Waals surface area contributed by atoms with Crippen LogP contribution in [0.25, 0.3) is 0 Å². The van der Waals surface area contributed by atoms with Gasteiger partial charge in [0.05, 0.1) is 23.1 Å². The highest BCUT2D eigenvalue weighted by atomic mass is 35.5. The molecule has 5 rings (SSSR count). The summed E-state index contributed by atoms with van der Waals surface area (Å²) in [6.07, 6.45) is 1.98. The number of nitrogens with zero attached hydrogens (tertiary/aromatic N) is 3. The van der Waals surface area contributed by atoms with Gasteiger partial charge in [-0.2, -0.15) is 10.4 Å². The lowest BCUT2D eigenvalue weighted by atomic mass is 10.0. The molecule has 1 aliphatic heterocycles. The fraction of sp³-hybridized carbons (Fsp3) is 0.103. The Balaban J connectivity index is 1.32. The van der Waals surface area contributed by atoms with Crippen LogP contribution in [0.3, 0.4) is 0 Å². The van der Waals surface area contributed by atoms with Gasteiger partial charge in [0.25, 0.3) is 5.91 Å². The molecule has 1 aliphatic rings. The number of carbonyl (C=O) groups excluding carboxylic acids is 2. The summed E-state index contributed by atoms with van der Waals surface area (Å²) in [5.41, 5.74) is 2.33. The van der Waals surface area contributed by atoms with Gasteiger partial charge in [0.2, 0.25) is 0 Å². The van der Waals surface area contributed by atoms with Crippen LogP contribution < -0.4 is 0 Å². The third-order valence-corrected chi connectivity index (χ3v) is 7.28. The maximum Gasteiger partial charge on any atom is 0.339 e. The molecule has 0 fully saturated rings. The van der Waals surface area contributed by atoms with Crippen molar-refractivity contribution in [2.24, 2.45) is 5.10 Å². The van der Waals surface area contributed by atoms with E-state index in [1.165, 1.54) is 23.0 Å². The van der Waals surface area contributed by atoms with Gasteiger partial charge in [0.1, 0.15) is 17.9 Å². The number of benzene rings is 3. The number of hydrazone groups is 1. The van der Waals surface area contributed by atoms with Crippen molar-refractivity contribution in [1.29, 1.82) is 5.26 Å². The SMILES string of the molecule is N#Cc1ccccc1Sc1ccccc1C(=O)OCC(=O)N1N=C(c2ccc(Cl)cc2)CC1c1ccco1. The number of esters is 1. The van der Waals surface area contributed by atoms with Crippen LogP contribution in [0.5, 0.6) is 0 Å². The third kappa shape index (κ3) is 5.49. The summed E-state index contributed by atoms with van der Waals surface area (Å²) in [5.74, 6) is -0.550. The predicted molar refractivity (Wildman–Crippen MR) is 143 cm³/mol. The summed E-state index contributed by atoms with van der Waals surface area (Å²) < 4.78 is 11.0. The van der Waals surface area contributed by atoms with Crippen molar-refractivity contribution in [3.63, 3.8) is 0 Å². The Labute approximate surface area is 228 Å². The van der Waals surface area contributed by atoms with E-state index in [4.69, 9.17) is 20.8 Å². The zero-order valence-corrected chi connectivity index (χ0v) is 21.5. The van der Waals surface area contributed by atoms with Crippen molar-refractivity contribution in [2.75, 3.05) is 6.61 Å². The van der Waals surface area contributed by atoms with Gasteiger partial charge in [0.15, 0.2) is 6.61 Å². The molecule has 0 saturated carbocycles. The maximum atomic E-state index is 13.2. The second-order valence-electron chi connectivity index (χ2n) is 8.31. The summed E-state index contributed by atoms with van der Waals surface area (Å²) >= 11 is 7.31. The highest BCUT2D eigenvalue weighted by molar-refractivity contribution is 7.99. The van der Waals surface area contributed by atoms with Crippen LogP contribution in [-0.2, 0) is 9.53 Å². The van der Waals surface area contributed by atoms with Crippen molar-refractivity contribution >= 4 is 41.0 Å². The molecule has 38 heavy (non-hydrogen) atoms. The minimum atomic E-state index is -0.647. The molecule has 1 unspecified atom stereocenters. The molecule has 0 radical (unpaired) electrons. The summed E-state index contributed by atoms with van der Waals surface area (Å²) in [7, 11) is 0. The Kier molecular flexibility index (Phi) is 7.59. The number of furan rings is 1. The number of nitriles is 1. The minimum Gasteiger partial charge on any atom is -0.467 e. The van der Waals surface area contributed by atoms with E-state index in [0.717, 1.165) is 5.56 Å². The molecule has 2 heterocycles. The van der Waals surface area contributed by atoms with Crippen molar-refractivity contribution in [2.45, 2.75) is 22.3 Å². The summed E-state index contributed by atoms with van der Waals surface area (Å²) in [6.45, 7) is -0.499. The van der Waals surface area contributed by atoms with Crippen LogP contribution >= 0.6 is 23.4 Å². The first kappa shape index (κ1) is 25.3. The van der Waals surface area contributed by atoms with E-state index in [2.05, 4.69) is 11.2 Å². The quantitative estimate of drug-likeness (QED) is 0.248. The van der Waals surface area contributed by atoms with E-state index >= 15 is 0 Å². The Morgan fingerprint density at radius 2 is 1.76 bits per heavy atom. The van der Waals surface area contributed by atoms with E-state index in [-0.39, 0.29) is 0 Å². The number of hydrogen-bond acceptors (Lipinski definition) is 7. The molecule has 0 N–H and O–H groups in total. The first-order valence-electron chi connectivity index (χ1n) is 11.7. The van der Waals surface area contributed by atoms with Crippen LogP contribution in [-0.4, -0.2) is 29.2 Å². The van der Waals surface area contributed by atoms with Crippen molar-refractivity contribution in [3.05, 3.63) is 119 Å². The van der Waals surface area contributed by atoms with Crippen LogP contribution in [0.1, 0.15) is 39.7 Å². The van der Waals surface area contributed by atoms with Crippen LogP contribution in [0.2, 0.25) is 5.02 Å². The molecule has 3 aromatic carbocycles. The Morgan fingerprint density at radius 1 is 1.03 bits per heavy atom. The fourth-order valence-corrected chi connectivity index (χ4v) is 5.16. The van der Waals surface area contributed by atoms with Gasteiger partial charge in [-0.1, -0.05) is 59.8 Å². The summed E-state index contributed by atoms with van der Waals surface area (Å²) in [5, 5.41) is 15.8. The Hall–Kier alpha value is -4.32. The molecule has 0 saturated heterocycles. The molecule has 4 aromatic rings. The smallest absolute Gasteiger partial charge is 0.339 e. The Bertz CT molecular complexity index is 1540. The second-order valence-corrected chi connectivity index (χ2v) is 9.83.